The number of nitro benzene ring substituents is 1. The summed E-state index contributed by atoms with van der Waals surface area (Å²) >= 11 is 0. The molecule has 0 saturated heterocycles. The summed E-state index contributed by atoms with van der Waals surface area (Å²) in [4.78, 5) is 22.6. The van der Waals surface area contributed by atoms with Crippen molar-refractivity contribution in [3.05, 3.63) is 33.9 Å². The van der Waals surface area contributed by atoms with Gasteiger partial charge in [0.15, 0.2) is 0 Å². The van der Waals surface area contributed by atoms with E-state index in [2.05, 4.69) is 10.7 Å². The third kappa shape index (κ3) is 3.49. The largest absolute Gasteiger partial charge is 0.349 e. The molecule has 0 spiro atoms. The van der Waals surface area contributed by atoms with Crippen LogP contribution in [0.2, 0.25) is 0 Å². The first-order valence-electron chi connectivity index (χ1n) is 7.09. The summed E-state index contributed by atoms with van der Waals surface area (Å²) in [5, 5.41) is 13.8. The van der Waals surface area contributed by atoms with Gasteiger partial charge in [-0.05, 0) is 31.7 Å². The fourth-order valence-corrected chi connectivity index (χ4v) is 2.82. The first kappa shape index (κ1) is 15.2. The second-order valence-corrected chi connectivity index (χ2v) is 5.44. The molecule has 21 heavy (non-hydrogen) atoms. The van der Waals surface area contributed by atoms with Crippen molar-refractivity contribution < 1.29 is 9.72 Å². The maximum absolute atomic E-state index is 12.3. The molecule has 0 aromatic heterocycles. The van der Waals surface area contributed by atoms with Gasteiger partial charge >= 0.3 is 0 Å². The van der Waals surface area contributed by atoms with E-state index in [1.807, 2.05) is 6.92 Å². The molecule has 1 atom stereocenters. The average Bonchev–Trinajstić information content (AvgIpc) is 3.00. The van der Waals surface area contributed by atoms with Crippen LogP contribution in [0.4, 0.5) is 11.4 Å². The first-order valence-corrected chi connectivity index (χ1v) is 7.09. The van der Waals surface area contributed by atoms with Crippen LogP contribution < -0.4 is 16.6 Å². The summed E-state index contributed by atoms with van der Waals surface area (Å²) in [6, 6.07) is 4.04. The van der Waals surface area contributed by atoms with Crippen LogP contribution >= 0.6 is 0 Å². The Morgan fingerprint density at radius 1 is 1.43 bits per heavy atom. The van der Waals surface area contributed by atoms with Gasteiger partial charge in [-0.2, -0.15) is 0 Å². The predicted octanol–water partition coefficient (Wildman–Crippen LogP) is 2.19. The number of hydrogen-bond donors (Lipinski definition) is 3. The Morgan fingerprint density at radius 2 is 2.10 bits per heavy atom. The zero-order valence-electron chi connectivity index (χ0n) is 12.0. The Bertz CT molecular complexity index is 541. The first-order chi connectivity index (χ1) is 10.0. The molecular weight excluding hydrogens is 272 g/mol. The van der Waals surface area contributed by atoms with E-state index in [1.165, 1.54) is 31.0 Å². The second kappa shape index (κ2) is 6.53. The van der Waals surface area contributed by atoms with E-state index < -0.39 is 4.92 Å². The van der Waals surface area contributed by atoms with Gasteiger partial charge in [-0.3, -0.25) is 20.8 Å². The Hall–Kier alpha value is -2.15. The highest BCUT2D eigenvalue weighted by Crippen LogP contribution is 2.28. The third-order valence-electron chi connectivity index (χ3n) is 4.08. The van der Waals surface area contributed by atoms with E-state index in [0.717, 1.165) is 12.8 Å². The molecule has 4 N–H and O–H groups in total. The van der Waals surface area contributed by atoms with Crippen molar-refractivity contribution in [1.29, 1.82) is 0 Å². The van der Waals surface area contributed by atoms with Crippen molar-refractivity contribution in [2.45, 2.75) is 38.6 Å². The number of rotatable bonds is 5. The monoisotopic (exact) mass is 292 g/mol. The van der Waals surface area contributed by atoms with Crippen LogP contribution in [0.15, 0.2) is 18.2 Å². The molecule has 0 radical (unpaired) electrons. The van der Waals surface area contributed by atoms with Crippen LogP contribution in [0.1, 0.15) is 43.0 Å². The van der Waals surface area contributed by atoms with E-state index in [-0.39, 0.29) is 23.2 Å². The lowest BCUT2D eigenvalue weighted by atomic mass is 9.99. The lowest BCUT2D eigenvalue weighted by Gasteiger charge is -2.21. The molecule has 1 saturated carbocycles. The van der Waals surface area contributed by atoms with Crippen molar-refractivity contribution in [2.24, 2.45) is 11.8 Å². The SMILES string of the molecule is CC(NC(=O)c1cc([N+](=O)[O-])ccc1NN)C1CCCC1. The summed E-state index contributed by atoms with van der Waals surface area (Å²) in [6.07, 6.45) is 4.60. The lowest BCUT2D eigenvalue weighted by molar-refractivity contribution is -0.384. The van der Waals surface area contributed by atoms with E-state index in [4.69, 9.17) is 5.84 Å². The highest BCUT2D eigenvalue weighted by atomic mass is 16.6. The van der Waals surface area contributed by atoms with Gasteiger partial charge < -0.3 is 10.7 Å². The molecule has 0 bridgehead atoms. The van der Waals surface area contributed by atoms with E-state index >= 15 is 0 Å². The van der Waals surface area contributed by atoms with Gasteiger partial charge in [0, 0.05) is 18.2 Å². The predicted molar refractivity (Wildman–Crippen MR) is 79.8 cm³/mol. The van der Waals surface area contributed by atoms with Crippen molar-refractivity contribution in [3.63, 3.8) is 0 Å². The normalized spacial score (nSPS) is 16.5. The van der Waals surface area contributed by atoms with Crippen molar-refractivity contribution in [3.8, 4) is 0 Å². The summed E-state index contributed by atoms with van der Waals surface area (Å²) in [5.41, 5.74) is 2.83. The minimum Gasteiger partial charge on any atom is -0.349 e. The highest BCUT2D eigenvalue weighted by Gasteiger charge is 2.24. The number of nitrogens with one attached hydrogen (secondary N) is 2. The van der Waals surface area contributed by atoms with Crippen LogP contribution in [0.3, 0.4) is 0 Å². The van der Waals surface area contributed by atoms with Crippen molar-refractivity contribution >= 4 is 17.3 Å². The van der Waals surface area contributed by atoms with E-state index in [0.29, 0.717) is 11.6 Å². The Labute approximate surface area is 123 Å². The topological polar surface area (TPSA) is 110 Å². The van der Waals surface area contributed by atoms with Gasteiger partial charge in [0.25, 0.3) is 11.6 Å². The number of carbonyl (C=O) groups excluding carboxylic acids is 1. The molecule has 1 aromatic rings. The molecule has 1 aliphatic rings. The molecule has 0 aliphatic heterocycles. The maximum atomic E-state index is 12.3. The van der Waals surface area contributed by atoms with Gasteiger partial charge in [-0.1, -0.05) is 12.8 Å². The summed E-state index contributed by atoms with van der Waals surface area (Å²) < 4.78 is 0. The minimum absolute atomic E-state index is 0.0462. The van der Waals surface area contributed by atoms with Crippen LogP contribution in [0, 0.1) is 16.0 Å². The fourth-order valence-electron chi connectivity index (χ4n) is 2.82. The van der Waals surface area contributed by atoms with Crippen molar-refractivity contribution in [2.75, 3.05) is 5.43 Å². The smallest absolute Gasteiger partial charge is 0.270 e. The molecule has 1 amide bonds. The lowest BCUT2D eigenvalue weighted by Crippen LogP contribution is -2.37. The molecule has 1 aromatic carbocycles. The molecule has 1 aliphatic carbocycles. The van der Waals surface area contributed by atoms with Gasteiger partial charge in [0.2, 0.25) is 0 Å². The quantitative estimate of drug-likeness (QED) is 0.437. The molecule has 114 valence electrons. The highest BCUT2D eigenvalue weighted by molar-refractivity contribution is 6.00. The number of non-ortho nitro benzene ring substituents is 1. The molecule has 1 unspecified atom stereocenters. The van der Waals surface area contributed by atoms with E-state index in [1.54, 1.807) is 0 Å². The number of benzene rings is 1. The zero-order valence-corrected chi connectivity index (χ0v) is 12.0. The maximum Gasteiger partial charge on any atom is 0.270 e. The van der Waals surface area contributed by atoms with Crippen molar-refractivity contribution in [1.82, 2.24) is 5.32 Å². The van der Waals surface area contributed by atoms with Crippen LogP contribution in [0.25, 0.3) is 0 Å². The average molecular weight is 292 g/mol. The van der Waals surface area contributed by atoms with Gasteiger partial charge in [0.05, 0.1) is 16.2 Å². The Kier molecular flexibility index (Phi) is 4.74. The number of carbonyl (C=O) groups is 1. The number of hydrogen-bond acceptors (Lipinski definition) is 5. The number of amides is 1. The van der Waals surface area contributed by atoms with Gasteiger partial charge in [-0.15, -0.1) is 0 Å². The van der Waals surface area contributed by atoms with Gasteiger partial charge in [-0.25, -0.2) is 0 Å². The Balaban J connectivity index is 2.16. The molecule has 7 nitrogen and oxygen atoms in total. The fraction of sp³-hybridized carbons (Fsp3) is 0.500. The number of hydrazine groups is 1. The summed E-state index contributed by atoms with van der Waals surface area (Å²) in [6.45, 7) is 1.97. The number of nitrogens with zero attached hydrogens (tertiary/aromatic N) is 1. The second-order valence-electron chi connectivity index (χ2n) is 5.44. The standard InChI is InChI=1S/C14H20N4O3/c1-9(10-4-2-3-5-10)16-14(19)12-8-11(18(20)21)6-7-13(12)17-15/h6-10,17H,2-5,15H2,1H3,(H,16,19). The summed E-state index contributed by atoms with van der Waals surface area (Å²) in [5.74, 6) is 5.50. The molecule has 2 rings (SSSR count). The number of nitro groups is 1. The summed E-state index contributed by atoms with van der Waals surface area (Å²) in [7, 11) is 0. The molecular formula is C14H20N4O3. The zero-order chi connectivity index (χ0) is 15.4. The van der Waals surface area contributed by atoms with Gasteiger partial charge in [0.1, 0.15) is 0 Å². The third-order valence-corrected chi connectivity index (χ3v) is 4.08. The minimum atomic E-state index is -0.530. The Morgan fingerprint density at radius 3 is 2.67 bits per heavy atom. The number of nitrogen functional groups attached to an aromatic ring is 1. The number of nitrogens with two attached hydrogens (primary N) is 1. The van der Waals surface area contributed by atoms with E-state index in [9.17, 15) is 14.9 Å². The van der Waals surface area contributed by atoms with Crippen LogP contribution in [0.5, 0.6) is 0 Å². The number of anilines is 1. The molecule has 0 heterocycles. The molecule has 1 fully saturated rings. The molecule has 7 heteroatoms. The van der Waals surface area contributed by atoms with Crippen LogP contribution in [-0.4, -0.2) is 16.9 Å². The van der Waals surface area contributed by atoms with Crippen LogP contribution in [-0.2, 0) is 0 Å².